The van der Waals surface area contributed by atoms with Crippen molar-refractivity contribution in [1.29, 1.82) is 0 Å². The SMILES string of the molecule is Cc1cccc([C@@H](Nc2cccc(C)[nH+]2)c2ccc3ccc(C)nc3c2O)n1. The molecule has 1 atom stereocenters. The van der Waals surface area contributed by atoms with Gasteiger partial charge in [0.25, 0.3) is 5.82 Å². The third-order valence-electron chi connectivity index (χ3n) is 4.76. The van der Waals surface area contributed by atoms with Gasteiger partial charge in [-0.05, 0) is 51.1 Å². The van der Waals surface area contributed by atoms with Crippen LogP contribution in [0.5, 0.6) is 5.75 Å². The van der Waals surface area contributed by atoms with Crippen LogP contribution in [0, 0.1) is 20.8 Å². The van der Waals surface area contributed by atoms with Gasteiger partial charge in [-0.3, -0.25) is 10.3 Å². The molecule has 0 saturated heterocycles. The molecule has 0 radical (unpaired) electrons. The average molecular weight is 371 g/mol. The number of fused-ring (bicyclic) bond motifs is 1. The Morgan fingerprint density at radius 2 is 1.61 bits per heavy atom. The maximum atomic E-state index is 11.1. The largest absolute Gasteiger partial charge is 0.505 e. The number of H-pyrrole nitrogens is 1. The van der Waals surface area contributed by atoms with Gasteiger partial charge in [-0.15, -0.1) is 0 Å². The van der Waals surface area contributed by atoms with Gasteiger partial charge in [-0.1, -0.05) is 24.3 Å². The Morgan fingerprint density at radius 1 is 0.857 bits per heavy atom. The number of nitrogens with zero attached hydrogens (tertiary/aromatic N) is 2. The van der Waals surface area contributed by atoms with E-state index < -0.39 is 0 Å². The van der Waals surface area contributed by atoms with Gasteiger partial charge in [0.2, 0.25) is 0 Å². The van der Waals surface area contributed by atoms with E-state index in [-0.39, 0.29) is 11.8 Å². The fraction of sp³-hybridized carbons (Fsp3) is 0.174. The first-order valence-electron chi connectivity index (χ1n) is 9.29. The zero-order valence-corrected chi connectivity index (χ0v) is 16.2. The number of anilines is 1. The summed E-state index contributed by atoms with van der Waals surface area (Å²) < 4.78 is 0. The monoisotopic (exact) mass is 371 g/mol. The fourth-order valence-electron chi connectivity index (χ4n) is 3.38. The molecular formula is C23H23N4O+. The van der Waals surface area contributed by atoms with Crippen LogP contribution >= 0.6 is 0 Å². The summed E-state index contributed by atoms with van der Waals surface area (Å²) in [7, 11) is 0. The lowest BCUT2D eigenvalue weighted by molar-refractivity contribution is -0.371. The Kier molecular flexibility index (Phi) is 4.65. The van der Waals surface area contributed by atoms with Crippen LogP contribution in [0.2, 0.25) is 0 Å². The first-order valence-corrected chi connectivity index (χ1v) is 9.29. The molecule has 1 aromatic carbocycles. The zero-order valence-electron chi connectivity index (χ0n) is 16.2. The summed E-state index contributed by atoms with van der Waals surface area (Å²) in [5.74, 6) is 1.03. The number of rotatable bonds is 4. The third-order valence-corrected chi connectivity index (χ3v) is 4.76. The molecule has 3 heterocycles. The molecule has 3 aromatic heterocycles. The molecule has 5 heteroatoms. The van der Waals surface area contributed by atoms with Gasteiger partial charge in [0.05, 0.1) is 11.4 Å². The predicted octanol–water partition coefficient (Wildman–Crippen LogP) is 4.28. The van der Waals surface area contributed by atoms with Gasteiger partial charge >= 0.3 is 0 Å². The zero-order chi connectivity index (χ0) is 19.7. The van der Waals surface area contributed by atoms with Crippen molar-refractivity contribution in [2.24, 2.45) is 0 Å². The lowest BCUT2D eigenvalue weighted by Gasteiger charge is -2.17. The summed E-state index contributed by atoms with van der Waals surface area (Å²) in [6.07, 6.45) is 0. The Hall–Kier alpha value is -3.47. The molecular weight excluding hydrogens is 348 g/mol. The molecule has 5 nitrogen and oxygen atoms in total. The highest BCUT2D eigenvalue weighted by Crippen LogP contribution is 2.35. The van der Waals surface area contributed by atoms with Gasteiger partial charge in [-0.2, -0.15) is 0 Å². The van der Waals surface area contributed by atoms with E-state index in [2.05, 4.69) is 15.3 Å². The molecule has 28 heavy (non-hydrogen) atoms. The van der Waals surface area contributed by atoms with Gasteiger partial charge in [-0.25, -0.2) is 9.97 Å². The van der Waals surface area contributed by atoms with Crippen LogP contribution in [0.1, 0.15) is 34.4 Å². The maximum Gasteiger partial charge on any atom is 0.273 e. The molecule has 0 bridgehead atoms. The molecule has 0 aliphatic carbocycles. The van der Waals surface area contributed by atoms with Crippen molar-refractivity contribution in [2.45, 2.75) is 26.8 Å². The topological polar surface area (TPSA) is 72.2 Å². The summed E-state index contributed by atoms with van der Waals surface area (Å²) in [4.78, 5) is 12.6. The predicted molar refractivity (Wildman–Crippen MR) is 110 cm³/mol. The third kappa shape index (κ3) is 3.51. The lowest BCUT2D eigenvalue weighted by Crippen LogP contribution is -2.21. The van der Waals surface area contributed by atoms with Crippen molar-refractivity contribution in [2.75, 3.05) is 5.32 Å². The number of aromatic nitrogens is 3. The molecule has 0 fully saturated rings. The summed E-state index contributed by atoms with van der Waals surface area (Å²) in [5.41, 5.74) is 5.00. The van der Waals surface area contributed by atoms with Crippen LogP contribution in [-0.4, -0.2) is 15.1 Å². The number of hydrogen-bond acceptors (Lipinski definition) is 4. The molecule has 0 unspecified atom stereocenters. The van der Waals surface area contributed by atoms with Crippen molar-refractivity contribution < 1.29 is 10.1 Å². The highest BCUT2D eigenvalue weighted by Gasteiger charge is 2.25. The second-order valence-corrected chi connectivity index (χ2v) is 7.06. The fourth-order valence-corrected chi connectivity index (χ4v) is 3.38. The maximum absolute atomic E-state index is 11.1. The summed E-state index contributed by atoms with van der Waals surface area (Å²) in [5, 5.41) is 15.5. The van der Waals surface area contributed by atoms with Gasteiger partial charge < -0.3 is 5.11 Å². The van der Waals surface area contributed by atoms with E-state index in [1.165, 1.54) is 0 Å². The molecule has 0 aliphatic rings. The summed E-state index contributed by atoms with van der Waals surface area (Å²) in [6.45, 7) is 5.89. The Labute approximate surface area is 164 Å². The number of aromatic hydroxyl groups is 1. The van der Waals surface area contributed by atoms with Crippen molar-refractivity contribution in [3.63, 3.8) is 0 Å². The van der Waals surface area contributed by atoms with Crippen molar-refractivity contribution in [3.8, 4) is 5.75 Å². The number of pyridine rings is 3. The molecule has 0 saturated carbocycles. The normalized spacial score (nSPS) is 12.1. The molecule has 140 valence electrons. The molecule has 4 rings (SSSR count). The van der Waals surface area contributed by atoms with E-state index in [0.717, 1.165) is 39.5 Å². The molecule has 0 amide bonds. The highest BCUT2D eigenvalue weighted by molar-refractivity contribution is 5.86. The summed E-state index contributed by atoms with van der Waals surface area (Å²) >= 11 is 0. The van der Waals surface area contributed by atoms with E-state index in [4.69, 9.17) is 4.98 Å². The number of benzene rings is 1. The number of nitrogens with one attached hydrogen (secondary N) is 2. The van der Waals surface area contributed by atoms with Crippen molar-refractivity contribution in [1.82, 2.24) is 9.97 Å². The van der Waals surface area contributed by atoms with Crippen LogP contribution in [0.3, 0.4) is 0 Å². The van der Waals surface area contributed by atoms with Gasteiger partial charge in [0.15, 0.2) is 6.04 Å². The first-order chi connectivity index (χ1) is 13.5. The number of phenols is 1. The van der Waals surface area contributed by atoms with E-state index in [0.29, 0.717) is 5.52 Å². The standard InChI is InChI=1S/C23H22N4O/c1-14-6-4-8-19(24-14)22(27-20-9-5-7-15(2)25-20)18-13-12-17-11-10-16(3)26-21(17)23(18)28/h4-13,22,28H,1-3H3,(H,25,27)/p+1/t22-/m0/s1. The van der Waals surface area contributed by atoms with Gasteiger partial charge in [0, 0.05) is 28.4 Å². The van der Waals surface area contributed by atoms with E-state index in [1.54, 1.807) is 0 Å². The number of phenolic OH excluding ortho intramolecular Hbond substituents is 1. The van der Waals surface area contributed by atoms with Gasteiger partial charge in [0.1, 0.15) is 11.3 Å². The minimum atomic E-state index is -0.329. The van der Waals surface area contributed by atoms with E-state index >= 15 is 0 Å². The molecule has 0 spiro atoms. The van der Waals surface area contributed by atoms with E-state index in [1.807, 2.05) is 81.4 Å². The summed E-state index contributed by atoms with van der Waals surface area (Å²) in [6, 6.07) is 19.4. The van der Waals surface area contributed by atoms with Crippen LogP contribution in [0.25, 0.3) is 10.9 Å². The second-order valence-electron chi connectivity index (χ2n) is 7.06. The van der Waals surface area contributed by atoms with Crippen LogP contribution < -0.4 is 10.3 Å². The first kappa shape index (κ1) is 17.9. The minimum Gasteiger partial charge on any atom is -0.505 e. The number of hydrogen-bond donors (Lipinski definition) is 2. The Morgan fingerprint density at radius 3 is 2.39 bits per heavy atom. The Bertz CT molecular complexity index is 1160. The van der Waals surface area contributed by atoms with Crippen LogP contribution in [0.15, 0.2) is 60.7 Å². The highest BCUT2D eigenvalue weighted by atomic mass is 16.3. The van der Waals surface area contributed by atoms with Crippen molar-refractivity contribution in [3.05, 3.63) is 89.0 Å². The smallest absolute Gasteiger partial charge is 0.273 e. The molecule has 0 aliphatic heterocycles. The molecule has 3 N–H and O–H groups in total. The quantitative estimate of drug-likeness (QED) is 0.562. The molecule has 4 aromatic rings. The second kappa shape index (κ2) is 7.27. The lowest BCUT2D eigenvalue weighted by atomic mass is 9.99. The van der Waals surface area contributed by atoms with Crippen LogP contribution in [-0.2, 0) is 0 Å². The number of aryl methyl sites for hydroxylation is 3. The Balaban J connectivity index is 1.87. The average Bonchev–Trinajstić information content (AvgIpc) is 2.67. The van der Waals surface area contributed by atoms with Crippen LogP contribution in [0.4, 0.5) is 5.82 Å². The number of aromatic amines is 1. The van der Waals surface area contributed by atoms with E-state index in [9.17, 15) is 5.11 Å². The minimum absolute atomic E-state index is 0.176. The van der Waals surface area contributed by atoms with Crippen molar-refractivity contribution >= 4 is 16.7 Å².